The fraction of sp³-hybridized carbons (Fsp3) is 0.867. The van der Waals surface area contributed by atoms with Gasteiger partial charge in [-0.15, -0.1) is 0 Å². The highest BCUT2D eigenvalue weighted by Crippen LogP contribution is 2.76. The largest absolute Gasteiger partial charge is 0.481 e. The molecule has 0 radical (unpaired) electrons. The van der Waals surface area contributed by atoms with Gasteiger partial charge in [-0.05, 0) is 117 Å². The van der Waals surface area contributed by atoms with Crippen molar-refractivity contribution in [2.75, 3.05) is 0 Å². The number of carboxylic acid groups (broad SMARTS) is 2. The van der Waals surface area contributed by atoms with E-state index in [1.54, 1.807) is 13.8 Å². The van der Waals surface area contributed by atoms with Gasteiger partial charge in [0.15, 0.2) is 0 Å². The van der Waals surface area contributed by atoms with Crippen molar-refractivity contribution in [1.29, 1.82) is 0 Å². The number of allylic oxidation sites excluding steroid dienone is 1. The van der Waals surface area contributed by atoms with Gasteiger partial charge in [-0.25, -0.2) is 0 Å². The van der Waals surface area contributed by atoms with Gasteiger partial charge in [0.2, 0.25) is 0 Å². The van der Waals surface area contributed by atoms with Crippen molar-refractivity contribution in [2.45, 2.75) is 106 Å². The standard InChI is InChI=1S/C30H48O5/c1-17(2)18-11-13-27(5)22(31)15-30(8)19(24(18)27)9-10-21-28(6,16-23(32)33)20(12-14-29(21,30)7)26(3,4)25(34)35/h18-22,24,31H,1,9-16H2,2-8H3,(H,32,33)(H,34,35)/t18-,19+,20-,21+,22-,24+,27+,28-,29+,30+/m0/s1. The molecule has 0 heterocycles. The molecule has 0 spiro atoms. The maximum absolute atomic E-state index is 12.3. The molecule has 0 bridgehead atoms. The van der Waals surface area contributed by atoms with Crippen molar-refractivity contribution < 1.29 is 24.9 Å². The Balaban J connectivity index is 1.82. The minimum absolute atomic E-state index is 0.00648. The van der Waals surface area contributed by atoms with Gasteiger partial charge < -0.3 is 15.3 Å². The van der Waals surface area contributed by atoms with E-state index < -0.39 is 22.8 Å². The SMILES string of the molecule is C=C(C)[C@@H]1CC[C@@]2(C)[C@H]1[C@H]1CC[C@@H]3[C@@](C)(CC(=O)O)[C@H](C(C)(C)C(=O)O)CC[C@@]3(C)[C@]1(C)C[C@@H]2O. The van der Waals surface area contributed by atoms with Gasteiger partial charge in [0, 0.05) is 0 Å². The Morgan fingerprint density at radius 3 is 2.14 bits per heavy atom. The molecule has 0 aromatic rings. The van der Waals surface area contributed by atoms with Crippen LogP contribution in [0.3, 0.4) is 0 Å². The van der Waals surface area contributed by atoms with Gasteiger partial charge >= 0.3 is 11.9 Å². The van der Waals surface area contributed by atoms with Gasteiger partial charge in [0.25, 0.3) is 0 Å². The number of hydrogen-bond donors (Lipinski definition) is 3. The summed E-state index contributed by atoms with van der Waals surface area (Å²) in [6.45, 7) is 19.1. The number of carboxylic acids is 2. The highest BCUT2D eigenvalue weighted by Gasteiger charge is 2.71. The molecule has 0 amide bonds. The highest BCUT2D eigenvalue weighted by atomic mass is 16.4. The first kappa shape index (κ1) is 26.7. The van der Waals surface area contributed by atoms with E-state index in [9.17, 15) is 24.9 Å². The molecular weight excluding hydrogens is 440 g/mol. The molecule has 0 aromatic carbocycles. The third kappa shape index (κ3) is 3.42. The summed E-state index contributed by atoms with van der Waals surface area (Å²) in [5, 5.41) is 31.8. The van der Waals surface area contributed by atoms with Crippen LogP contribution in [0, 0.1) is 56.7 Å². The molecule has 4 rings (SSSR count). The van der Waals surface area contributed by atoms with Gasteiger partial charge in [-0.3, -0.25) is 9.59 Å². The number of hydrogen-bond acceptors (Lipinski definition) is 3. The number of aliphatic carboxylic acids is 2. The summed E-state index contributed by atoms with van der Waals surface area (Å²) in [7, 11) is 0. The molecule has 5 heteroatoms. The number of aliphatic hydroxyl groups excluding tert-OH is 1. The Bertz CT molecular complexity index is 924. The molecule has 0 saturated heterocycles. The molecule has 4 saturated carbocycles. The molecule has 0 unspecified atom stereocenters. The van der Waals surface area contributed by atoms with Crippen LogP contribution in [0.4, 0.5) is 0 Å². The normalized spacial score (nSPS) is 49.5. The molecular formula is C30H48O5. The van der Waals surface area contributed by atoms with Gasteiger partial charge in [0.05, 0.1) is 17.9 Å². The Morgan fingerprint density at radius 2 is 1.60 bits per heavy atom. The van der Waals surface area contributed by atoms with E-state index in [4.69, 9.17) is 0 Å². The Kier molecular flexibility index (Phi) is 6.15. The van der Waals surface area contributed by atoms with Crippen molar-refractivity contribution in [2.24, 2.45) is 56.7 Å². The van der Waals surface area contributed by atoms with E-state index in [1.807, 2.05) is 0 Å². The summed E-state index contributed by atoms with van der Waals surface area (Å²) in [5.41, 5.74) is -0.770. The predicted octanol–water partition coefficient (Wildman–Crippen LogP) is 6.40. The quantitative estimate of drug-likeness (QED) is 0.389. The lowest BCUT2D eigenvalue weighted by molar-refractivity contribution is -0.248. The minimum Gasteiger partial charge on any atom is -0.481 e. The number of rotatable bonds is 5. The highest BCUT2D eigenvalue weighted by molar-refractivity contribution is 5.75. The summed E-state index contributed by atoms with van der Waals surface area (Å²) in [4.78, 5) is 24.6. The van der Waals surface area contributed by atoms with Crippen LogP contribution in [0.25, 0.3) is 0 Å². The van der Waals surface area contributed by atoms with Crippen LogP contribution in [0.1, 0.15) is 99.8 Å². The smallest absolute Gasteiger partial charge is 0.309 e. The van der Waals surface area contributed by atoms with Gasteiger partial charge in [-0.2, -0.15) is 0 Å². The van der Waals surface area contributed by atoms with E-state index in [1.165, 1.54) is 5.57 Å². The van der Waals surface area contributed by atoms with Crippen LogP contribution in [0.15, 0.2) is 12.2 Å². The van der Waals surface area contributed by atoms with Crippen LogP contribution < -0.4 is 0 Å². The maximum atomic E-state index is 12.3. The Labute approximate surface area is 211 Å². The fourth-order valence-electron chi connectivity index (χ4n) is 10.8. The lowest BCUT2D eigenvalue weighted by Gasteiger charge is -2.71. The first-order valence-corrected chi connectivity index (χ1v) is 13.8. The molecule has 4 aliphatic rings. The number of fused-ring (bicyclic) bond motifs is 5. The summed E-state index contributed by atoms with van der Waals surface area (Å²) >= 11 is 0. The molecule has 5 nitrogen and oxygen atoms in total. The van der Waals surface area contributed by atoms with Crippen LogP contribution in [0.2, 0.25) is 0 Å². The molecule has 4 aliphatic carbocycles. The number of aliphatic hydroxyl groups is 1. The Morgan fingerprint density at radius 1 is 0.971 bits per heavy atom. The summed E-state index contributed by atoms with van der Waals surface area (Å²) in [6.07, 6.45) is 6.02. The van der Waals surface area contributed by atoms with E-state index in [-0.39, 0.29) is 40.6 Å². The second-order valence-corrected chi connectivity index (χ2v) is 14.5. The first-order valence-electron chi connectivity index (χ1n) is 13.8. The second kappa shape index (κ2) is 8.07. The molecule has 4 fully saturated rings. The van der Waals surface area contributed by atoms with Crippen LogP contribution in [0.5, 0.6) is 0 Å². The van der Waals surface area contributed by atoms with Gasteiger partial charge in [0.1, 0.15) is 0 Å². The lowest BCUT2D eigenvalue weighted by Crippen LogP contribution is -2.67. The van der Waals surface area contributed by atoms with Crippen LogP contribution in [-0.4, -0.2) is 33.4 Å². The fourth-order valence-corrected chi connectivity index (χ4v) is 10.8. The topological polar surface area (TPSA) is 94.8 Å². The third-order valence-electron chi connectivity index (χ3n) is 12.8. The number of carbonyl (C=O) groups is 2. The summed E-state index contributed by atoms with van der Waals surface area (Å²) < 4.78 is 0. The van der Waals surface area contributed by atoms with Crippen molar-refractivity contribution >= 4 is 11.9 Å². The zero-order valence-electron chi connectivity index (χ0n) is 23.0. The maximum Gasteiger partial charge on any atom is 0.309 e. The van der Waals surface area contributed by atoms with Gasteiger partial charge in [-0.1, -0.05) is 39.8 Å². The van der Waals surface area contributed by atoms with E-state index >= 15 is 0 Å². The Hall–Kier alpha value is -1.36. The molecule has 10 atom stereocenters. The molecule has 0 aliphatic heterocycles. The van der Waals surface area contributed by atoms with Crippen molar-refractivity contribution in [1.82, 2.24) is 0 Å². The van der Waals surface area contributed by atoms with E-state index in [2.05, 4.69) is 41.2 Å². The first-order chi connectivity index (χ1) is 16.0. The third-order valence-corrected chi connectivity index (χ3v) is 12.8. The van der Waals surface area contributed by atoms with Crippen molar-refractivity contribution in [3.05, 3.63) is 12.2 Å². The second-order valence-electron chi connectivity index (χ2n) is 14.5. The van der Waals surface area contributed by atoms with E-state index in [0.29, 0.717) is 24.2 Å². The van der Waals surface area contributed by atoms with Crippen LogP contribution >= 0.6 is 0 Å². The predicted molar refractivity (Wildman–Crippen MR) is 137 cm³/mol. The summed E-state index contributed by atoms with van der Waals surface area (Å²) in [5.74, 6) is -0.524. The lowest BCUT2D eigenvalue weighted by atomic mass is 9.33. The van der Waals surface area contributed by atoms with Crippen LogP contribution in [-0.2, 0) is 9.59 Å². The zero-order valence-corrected chi connectivity index (χ0v) is 23.0. The molecule has 3 N–H and O–H groups in total. The minimum atomic E-state index is -0.996. The van der Waals surface area contributed by atoms with E-state index in [0.717, 1.165) is 38.5 Å². The zero-order chi connectivity index (χ0) is 26.4. The summed E-state index contributed by atoms with van der Waals surface area (Å²) in [6, 6.07) is 0. The van der Waals surface area contributed by atoms with Crippen molar-refractivity contribution in [3.63, 3.8) is 0 Å². The van der Waals surface area contributed by atoms with Crippen molar-refractivity contribution in [3.8, 4) is 0 Å². The molecule has 35 heavy (non-hydrogen) atoms. The monoisotopic (exact) mass is 488 g/mol. The molecule has 198 valence electrons. The average Bonchev–Trinajstić information content (AvgIpc) is 3.07. The average molecular weight is 489 g/mol. The molecule has 0 aromatic heterocycles.